The van der Waals surface area contributed by atoms with Gasteiger partial charge in [0.1, 0.15) is 0 Å². The molecule has 0 aliphatic carbocycles. The maximum atomic E-state index is 11.4. The lowest BCUT2D eigenvalue weighted by molar-refractivity contribution is -0.114. The van der Waals surface area contributed by atoms with Gasteiger partial charge in [0.05, 0.1) is 0 Å². The minimum Gasteiger partial charge on any atom is -0.295 e. The summed E-state index contributed by atoms with van der Waals surface area (Å²) < 4.78 is 0. The smallest absolute Gasteiger partial charge is 0.155 e. The van der Waals surface area contributed by atoms with Gasteiger partial charge >= 0.3 is 0 Å². The number of rotatable bonds is 5. The van der Waals surface area contributed by atoms with E-state index in [0.717, 1.165) is 17.6 Å². The summed E-state index contributed by atoms with van der Waals surface area (Å²) in [6, 6.07) is 18.9. The van der Waals surface area contributed by atoms with Crippen LogP contribution in [-0.2, 0) is 11.2 Å². The van der Waals surface area contributed by atoms with E-state index in [4.69, 9.17) is 0 Å². The monoisotopic (exact) mass is 264 g/mol. The van der Waals surface area contributed by atoms with E-state index in [1.165, 1.54) is 11.1 Å². The molecule has 0 fully saturated rings. The van der Waals surface area contributed by atoms with Gasteiger partial charge in [-0.25, -0.2) is 0 Å². The Labute approximate surface area is 121 Å². The van der Waals surface area contributed by atoms with Crippen molar-refractivity contribution in [3.8, 4) is 0 Å². The minimum atomic E-state index is 0.177. The summed E-state index contributed by atoms with van der Waals surface area (Å²) in [6.45, 7) is 3.87. The van der Waals surface area contributed by atoms with Gasteiger partial charge in [-0.05, 0) is 41.7 Å². The quantitative estimate of drug-likeness (QED) is 0.718. The van der Waals surface area contributed by atoms with Gasteiger partial charge in [0.2, 0.25) is 0 Å². The molecule has 1 heteroatoms. The molecular weight excluding hydrogens is 244 g/mol. The third kappa shape index (κ3) is 3.92. The highest BCUT2D eigenvalue weighted by Crippen LogP contribution is 2.17. The van der Waals surface area contributed by atoms with E-state index in [-0.39, 0.29) is 5.78 Å². The van der Waals surface area contributed by atoms with Gasteiger partial charge in [-0.2, -0.15) is 0 Å². The van der Waals surface area contributed by atoms with E-state index in [2.05, 4.69) is 48.5 Å². The Morgan fingerprint density at radius 1 is 0.950 bits per heavy atom. The van der Waals surface area contributed by atoms with E-state index in [1.54, 1.807) is 6.08 Å². The van der Waals surface area contributed by atoms with Gasteiger partial charge in [0.25, 0.3) is 0 Å². The van der Waals surface area contributed by atoms with Crippen LogP contribution in [0.1, 0.15) is 37.0 Å². The third-order valence-electron chi connectivity index (χ3n) is 3.39. The molecule has 2 aromatic rings. The number of allylic oxidation sites excluding steroid dienone is 2. The molecule has 2 aromatic carbocycles. The van der Waals surface area contributed by atoms with Crippen molar-refractivity contribution in [3.05, 3.63) is 77.4 Å². The first kappa shape index (κ1) is 14.3. The van der Waals surface area contributed by atoms with Crippen LogP contribution in [0, 0.1) is 0 Å². The molecule has 1 nitrogen and oxygen atoms in total. The van der Waals surface area contributed by atoms with E-state index >= 15 is 0 Å². The second-order valence-electron chi connectivity index (χ2n) is 5.01. The second kappa shape index (κ2) is 6.85. The van der Waals surface area contributed by atoms with Crippen molar-refractivity contribution >= 4 is 11.4 Å². The average Bonchev–Trinajstić information content (AvgIpc) is 2.49. The molecule has 0 unspecified atom stereocenters. The Hall–Kier alpha value is -2.15. The number of carbonyl (C=O) groups excluding carboxylic acids is 1. The molecule has 2 rings (SSSR count). The highest BCUT2D eigenvalue weighted by atomic mass is 16.1. The minimum absolute atomic E-state index is 0.177. The lowest BCUT2D eigenvalue weighted by Crippen LogP contribution is -1.92. The zero-order valence-corrected chi connectivity index (χ0v) is 12.1. The molecule has 0 amide bonds. The molecule has 0 radical (unpaired) electrons. The molecule has 0 saturated carbocycles. The van der Waals surface area contributed by atoms with E-state index in [9.17, 15) is 4.79 Å². The molecule has 0 bridgehead atoms. The Kier molecular flexibility index (Phi) is 4.89. The van der Waals surface area contributed by atoms with Crippen LogP contribution >= 0.6 is 0 Å². The molecule has 0 aromatic heterocycles. The van der Waals surface area contributed by atoms with Crippen LogP contribution in [0.2, 0.25) is 0 Å². The lowest BCUT2D eigenvalue weighted by atomic mass is 10.0. The molecule has 0 heterocycles. The van der Waals surface area contributed by atoms with Gasteiger partial charge in [-0.1, -0.05) is 61.5 Å². The lowest BCUT2D eigenvalue weighted by Gasteiger charge is -2.05. The van der Waals surface area contributed by atoms with Crippen molar-refractivity contribution in [1.29, 1.82) is 0 Å². The van der Waals surface area contributed by atoms with Gasteiger partial charge in [0, 0.05) is 6.42 Å². The zero-order valence-electron chi connectivity index (χ0n) is 12.1. The maximum Gasteiger partial charge on any atom is 0.155 e. The molecule has 20 heavy (non-hydrogen) atoms. The van der Waals surface area contributed by atoms with Crippen LogP contribution in [0.4, 0.5) is 0 Å². The Balaban J connectivity index is 2.10. The fourth-order valence-corrected chi connectivity index (χ4v) is 2.14. The average molecular weight is 264 g/mol. The van der Waals surface area contributed by atoms with E-state index in [0.29, 0.717) is 6.42 Å². The summed E-state index contributed by atoms with van der Waals surface area (Å²) in [7, 11) is 0. The zero-order chi connectivity index (χ0) is 14.4. The summed E-state index contributed by atoms with van der Waals surface area (Å²) in [5, 5.41) is 0. The van der Waals surface area contributed by atoms with Crippen molar-refractivity contribution in [2.24, 2.45) is 0 Å². The SMILES string of the molecule is CCC(=O)C=C(C)c1ccc(Cc2ccccc2)cc1. The molecule has 102 valence electrons. The first-order chi connectivity index (χ1) is 9.69. The van der Waals surface area contributed by atoms with Gasteiger partial charge in [-0.3, -0.25) is 4.79 Å². The largest absolute Gasteiger partial charge is 0.295 e. The molecule has 0 saturated heterocycles. The molecule has 0 atom stereocenters. The number of carbonyl (C=O) groups is 1. The topological polar surface area (TPSA) is 17.1 Å². The fraction of sp³-hybridized carbons (Fsp3) is 0.211. The highest BCUT2D eigenvalue weighted by molar-refractivity contribution is 5.96. The van der Waals surface area contributed by atoms with Gasteiger partial charge < -0.3 is 0 Å². The Bertz CT molecular complexity index is 591. The summed E-state index contributed by atoms with van der Waals surface area (Å²) in [6.07, 6.45) is 3.23. The van der Waals surface area contributed by atoms with Crippen molar-refractivity contribution in [3.63, 3.8) is 0 Å². The van der Waals surface area contributed by atoms with Gasteiger partial charge in [0.15, 0.2) is 5.78 Å². The summed E-state index contributed by atoms with van der Waals surface area (Å²) >= 11 is 0. The predicted octanol–water partition coefficient (Wildman–Crippen LogP) is 4.66. The third-order valence-corrected chi connectivity index (χ3v) is 3.39. The summed E-state index contributed by atoms with van der Waals surface area (Å²) in [5.41, 5.74) is 4.75. The standard InChI is InChI=1S/C19H20O/c1-3-19(20)13-15(2)18-11-9-17(10-12-18)14-16-7-5-4-6-8-16/h4-13H,3,14H2,1-2H3. The van der Waals surface area contributed by atoms with Crippen molar-refractivity contribution in [2.75, 3.05) is 0 Å². The van der Waals surface area contributed by atoms with Gasteiger partial charge in [-0.15, -0.1) is 0 Å². The summed E-state index contributed by atoms with van der Waals surface area (Å²) in [5.74, 6) is 0.177. The highest BCUT2D eigenvalue weighted by Gasteiger charge is 2.00. The van der Waals surface area contributed by atoms with Crippen LogP contribution in [0.3, 0.4) is 0 Å². The number of ketones is 1. The van der Waals surface area contributed by atoms with E-state index in [1.807, 2.05) is 19.9 Å². The van der Waals surface area contributed by atoms with Crippen molar-refractivity contribution in [1.82, 2.24) is 0 Å². The molecule has 0 spiro atoms. The maximum absolute atomic E-state index is 11.4. The Morgan fingerprint density at radius 3 is 2.15 bits per heavy atom. The van der Waals surface area contributed by atoms with Crippen LogP contribution in [0.15, 0.2) is 60.7 Å². The van der Waals surface area contributed by atoms with Crippen LogP contribution in [-0.4, -0.2) is 5.78 Å². The second-order valence-corrected chi connectivity index (χ2v) is 5.01. The summed E-state index contributed by atoms with van der Waals surface area (Å²) in [4.78, 5) is 11.4. The van der Waals surface area contributed by atoms with Crippen LogP contribution < -0.4 is 0 Å². The van der Waals surface area contributed by atoms with Crippen LogP contribution in [0.5, 0.6) is 0 Å². The number of benzene rings is 2. The molecule has 0 aliphatic rings. The molecular formula is C19H20O. The number of hydrogen-bond acceptors (Lipinski definition) is 1. The fourth-order valence-electron chi connectivity index (χ4n) is 2.14. The van der Waals surface area contributed by atoms with Crippen molar-refractivity contribution in [2.45, 2.75) is 26.7 Å². The van der Waals surface area contributed by atoms with Crippen molar-refractivity contribution < 1.29 is 4.79 Å². The number of hydrogen-bond donors (Lipinski definition) is 0. The first-order valence-electron chi connectivity index (χ1n) is 7.03. The molecule has 0 N–H and O–H groups in total. The Morgan fingerprint density at radius 2 is 1.55 bits per heavy atom. The van der Waals surface area contributed by atoms with E-state index < -0.39 is 0 Å². The molecule has 0 aliphatic heterocycles. The van der Waals surface area contributed by atoms with Crippen LogP contribution in [0.25, 0.3) is 5.57 Å². The predicted molar refractivity (Wildman–Crippen MR) is 84.6 cm³/mol. The first-order valence-corrected chi connectivity index (χ1v) is 7.03. The normalized spacial score (nSPS) is 11.4.